The summed E-state index contributed by atoms with van der Waals surface area (Å²) in [6.45, 7) is 0.00135. The minimum absolute atomic E-state index is 0.00135. The fourth-order valence-corrected chi connectivity index (χ4v) is 4.74. The summed E-state index contributed by atoms with van der Waals surface area (Å²) < 4.78 is 30.5. The topological polar surface area (TPSA) is 94.9 Å². The zero-order valence-electron chi connectivity index (χ0n) is 15.5. The van der Waals surface area contributed by atoms with E-state index in [4.69, 9.17) is 0 Å². The summed E-state index contributed by atoms with van der Waals surface area (Å²) in [7, 11) is 0. The molecule has 1 saturated heterocycles. The number of Topliss-reactive ketones (excluding diaryl/α,β-unsaturated/α-hetero) is 1. The van der Waals surface area contributed by atoms with Crippen molar-refractivity contribution >= 4 is 33.8 Å². The third kappa shape index (κ3) is 2.91. The lowest BCUT2D eigenvalue weighted by Gasteiger charge is -2.32. The van der Waals surface area contributed by atoms with Crippen LogP contribution in [0.2, 0.25) is 0 Å². The van der Waals surface area contributed by atoms with E-state index in [1.165, 1.54) is 18.2 Å². The fraction of sp³-hybridized carbons (Fsp3) is 0.286. The molecule has 2 aromatic rings. The summed E-state index contributed by atoms with van der Waals surface area (Å²) in [5.41, 5.74) is -1.79. The molecule has 1 aliphatic carbocycles. The third-order valence-corrected chi connectivity index (χ3v) is 6.35. The Hall–Kier alpha value is -2.81. The number of amides is 1. The number of benzene rings is 2. The van der Waals surface area contributed by atoms with E-state index in [2.05, 4.69) is 15.9 Å². The summed E-state index contributed by atoms with van der Waals surface area (Å²) in [6, 6.07) is 8.45. The first-order chi connectivity index (χ1) is 14.1. The van der Waals surface area contributed by atoms with Gasteiger partial charge in [-0.1, -0.05) is 34.1 Å². The fourth-order valence-electron chi connectivity index (χ4n) is 4.38. The van der Waals surface area contributed by atoms with E-state index >= 15 is 8.78 Å². The van der Waals surface area contributed by atoms with Gasteiger partial charge in [-0.2, -0.15) is 8.78 Å². The number of fused-ring (bicyclic) bond motifs is 3. The van der Waals surface area contributed by atoms with Gasteiger partial charge in [-0.3, -0.25) is 9.69 Å². The van der Waals surface area contributed by atoms with E-state index in [9.17, 15) is 24.6 Å². The van der Waals surface area contributed by atoms with Gasteiger partial charge in [0.25, 0.3) is 5.92 Å². The van der Waals surface area contributed by atoms with Gasteiger partial charge in [0.1, 0.15) is 0 Å². The molecule has 1 aliphatic heterocycles. The van der Waals surface area contributed by atoms with Crippen molar-refractivity contribution in [1.29, 1.82) is 0 Å². The molecule has 30 heavy (non-hydrogen) atoms. The lowest BCUT2D eigenvalue weighted by atomic mass is 9.87. The molecule has 2 aromatic carbocycles. The number of likely N-dealkylation sites (tertiary alicyclic amines) is 1. The van der Waals surface area contributed by atoms with E-state index in [-0.39, 0.29) is 29.7 Å². The monoisotopic (exact) mass is 479 g/mol. The molecule has 0 aromatic heterocycles. The molecule has 1 fully saturated rings. The number of rotatable bonds is 4. The molecule has 1 unspecified atom stereocenters. The highest BCUT2D eigenvalue weighted by atomic mass is 79.9. The Morgan fingerprint density at radius 2 is 1.67 bits per heavy atom. The van der Waals surface area contributed by atoms with Crippen LogP contribution in [0.1, 0.15) is 40.7 Å². The smallest absolute Gasteiger partial charge is 0.408 e. The molecule has 0 bridgehead atoms. The van der Waals surface area contributed by atoms with Gasteiger partial charge >= 0.3 is 12.1 Å². The Morgan fingerprint density at radius 3 is 2.30 bits per heavy atom. The maximum absolute atomic E-state index is 15.0. The third-order valence-electron chi connectivity index (χ3n) is 5.86. The van der Waals surface area contributed by atoms with Gasteiger partial charge in [-0.25, -0.2) is 9.59 Å². The van der Waals surface area contributed by atoms with Gasteiger partial charge in [0.15, 0.2) is 11.3 Å². The maximum Gasteiger partial charge on any atom is 0.408 e. The first-order valence-corrected chi connectivity index (χ1v) is 9.97. The van der Waals surface area contributed by atoms with Crippen LogP contribution in [-0.4, -0.2) is 45.0 Å². The van der Waals surface area contributed by atoms with Crippen LogP contribution in [0.4, 0.5) is 13.6 Å². The molecule has 1 atom stereocenters. The second-order valence-electron chi connectivity index (χ2n) is 7.50. The first kappa shape index (κ1) is 20.5. The Morgan fingerprint density at radius 1 is 1.03 bits per heavy atom. The zero-order valence-corrected chi connectivity index (χ0v) is 17.1. The van der Waals surface area contributed by atoms with Crippen molar-refractivity contribution in [3.63, 3.8) is 0 Å². The number of hydrogen-bond acceptors (Lipinski definition) is 3. The lowest BCUT2D eigenvalue weighted by molar-refractivity contribution is -0.148. The zero-order chi connectivity index (χ0) is 21.8. The van der Waals surface area contributed by atoms with Gasteiger partial charge in [-0.15, -0.1) is 0 Å². The highest BCUT2D eigenvalue weighted by Crippen LogP contribution is 2.52. The van der Waals surface area contributed by atoms with E-state index < -0.39 is 35.7 Å². The van der Waals surface area contributed by atoms with Gasteiger partial charge in [0.2, 0.25) is 0 Å². The number of hydrogen-bond donors (Lipinski definition) is 2. The Balaban J connectivity index is 1.71. The van der Waals surface area contributed by atoms with Gasteiger partial charge < -0.3 is 10.2 Å². The second kappa shape index (κ2) is 6.87. The van der Waals surface area contributed by atoms with Crippen LogP contribution in [0.15, 0.2) is 40.9 Å². The largest absolute Gasteiger partial charge is 0.479 e. The van der Waals surface area contributed by atoms with Gasteiger partial charge in [-0.05, 0) is 42.2 Å². The number of carbonyl (C=O) groups excluding carboxylic acids is 1. The molecule has 0 spiro atoms. The SMILES string of the molecule is O=C(CC1(C(=O)O)CCCN1C(=O)O)c1ccc2c(c1)C(F)(F)c1cc(Br)ccc1-2. The lowest BCUT2D eigenvalue weighted by Crippen LogP contribution is -2.53. The summed E-state index contributed by atoms with van der Waals surface area (Å²) in [5, 5.41) is 19.0. The van der Waals surface area contributed by atoms with Crippen molar-refractivity contribution < 1.29 is 33.4 Å². The molecule has 2 N–H and O–H groups in total. The average molecular weight is 480 g/mol. The predicted molar refractivity (Wildman–Crippen MR) is 106 cm³/mol. The molecule has 2 aliphatic rings. The summed E-state index contributed by atoms with van der Waals surface area (Å²) in [5.74, 6) is -5.42. The van der Waals surface area contributed by atoms with Crippen molar-refractivity contribution in [1.82, 2.24) is 4.90 Å². The minimum atomic E-state index is -3.31. The van der Waals surface area contributed by atoms with Crippen LogP contribution in [-0.2, 0) is 10.7 Å². The van der Waals surface area contributed by atoms with Crippen LogP contribution in [0, 0.1) is 0 Å². The standard InChI is InChI=1S/C21H16BrF2NO5/c22-12-3-5-14-13-4-2-11(8-15(13)21(23,24)16(14)9-12)17(26)10-20(18(27)28)6-1-7-25(20)19(29)30/h2-5,8-9H,1,6-7,10H2,(H,27,28)(H,29,30). The highest BCUT2D eigenvalue weighted by molar-refractivity contribution is 9.10. The van der Waals surface area contributed by atoms with Crippen molar-refractivity contribution in [2.24, 2.45) is 0 Å². The maximum atomic E-state index is 15.0. The first-order valence-electron chi connectivity index (χ1n) is 9.18. The van der Waals surface area contributed by atoms with E-state index in [0.717, 1.165) is 11.0 Å². The number of ketones is 1. The number of halogens is 3. The molecule has 4 rings (SSSR count). The molecular formula is C21H16BrF2NO5. The normalized spacial score (nSPS) is 21.2. The predicted octanol–water partition coefficient (Wildman–Crippen LogP) is 4.74. The second-order valence-corrected chi connectivity index (χ2v) is 8.41. The summed E-state index contributed by atoms with van der Waals surface area (Å²) in [4.78, 5) is 37.0. The van der Waals surface area contributed by atoms with Crippen LogP contribution in [0.5, 0.6) is 0 Å². The Bertz CT molecular complexity index is 1100. The van der Waals surface area contributed by atoms with Crippen molar-refractivity contribution in [2.45, 2.75) is 30.7 Å². The van der Waals surface area contributed by atoms with E-state index in [0.29, 0.717) is 22.0 Å². The molecule has 1 amide bonds. The quantitative estimate of drug-likeness (QED) is 0.617. The molecule has 9 heteroatoms. The summed E-state index contributed by atoms with van der Waals surface area (Å²) in [6.07, 6.45) is -1.75. The van der Waals surface area contributed by atoms with Crippen LogP contribution >= 0.6 is 15.9 Å². The molecule has 0 radical (unpaired) electrons. The minimum Gasteiger partial charge on any atom is -0.479 e. The van der Waals surface area contributed by atoms with Crippen LogP contribution in [0.3, 0.4) is 0 Å². The molecule has 1 heterocycles. The number of nitrogens with zero attached hydrogens (tertiary/aromatic N) is 1. The van der Waals surface area contributed by atoms with Crippen LogP contribution < -0.4 is 0 Å². The molecular weight excluding hydrogens is 464 g/mol. The Labute approximate surface area is 178 Å². The molecule has 0 saturated carbocycles. The highest BCUT2D eigenvalue weighted by Gasteiger charge is 2.52. The summed E-state index contributed by atoms with van der Waals surface area (Å²) >= 11 is 3.19. The number of carboxylic acid groups (broad SMARTS) is 2. The Kier molecular flexibility index (Phi) is 4.68. The number of carboxylic acids is 1. The number of carbonyl (C=O) groups is 3. The molecule has 156 valence electrons. The number of alkyl halides is 2. The molecule has 6 nitrogen and oxygen atoms in total. The average Bonchev–Trinajstić information content (AvgIpc) is 3.20. The van der Waals surface area contributed by atoms with Crippen molar-refractivity contribution in [3.8, 4) is 11.1 Å². The van der Waals surface area contributed by atoms with Gasteiger partial charge in [0.05, 0.1) is 0 Å². The van der Waals surface area contributed by atoms with Crippen molar-refractivity contribution in [2.75, 3.05) is 6.54 Å². The van der Waals surface area contributed by atoms with E-state index in [1.54, 1.807) is 12.1 Å². The van der Waals surface area contributed by atoms with Gasteiger partial charge in [0, 0.05) is 34.1 Å². The van der Waals surface area contributed by atoms with Crippen molar-refractivity contribution in [3.05, 3.63) is 57.6 Å². The number of aliphatic carboxylic acids is 1. The van der Waals surface area contributed by atoms with E-state index in [1.807, 2.05) is 0 Å². The van der Waals surface area contributed by atoms with Crippen LogP contribution in [0.25, 0.3) is 11.1 Å².